The van der Waals surface area contributed by atoms with E-state index in [0.717, 1.165) is 29.9 Å². The van der Waals surface area contributed by atoms with Gasteiger partial charge in [0.05, 0.1) is 12.4 Å². The van der Waals surface area contributed by atoms with Gasteiger partial charge >= 0.3 is 0 Å². The maximum absolute atomic E-state index is 4.75. The van der Waals surface area contributed by atoms with E-state index in [0.29, 0.717) is 5.41 Å². The zero-order chi connectivity index (χ0) is 19.8. The van der Waals surface area contributed by atoms with Crippen molar-refractivity contribution in [2.24, 2.45) is 11.3 Å². The Morgan fingerprint density at radius 3 is 2.46 bits per heavy atom. The first-order valence-corrected chi connectivity index (χ1v) is 11.5. The third kappa shape index (κ3) is 4.07. The molecular formula is C24H33N3S. The lowest BCUT2D eigenvalue weighted by atomic mass is 9.71. The van der Waals surface area contributed by atoms with E-state index in [1.54, 1.807) is 11.8 Å². The van der Waals surface area contributed by atoms with Crippen molar-refractivity contribution < 1.29 is 0 Å². The molecule has 3 nitrogen and oxygen atoms in total. The molecule has 0 amide bonds. The predicted octanol–water partition coefficient (Wildman–Crippen LogP) is 6.33. The highest BCUT2D eigenvalue weighted by Gasteiger charge is 2.42. The number of aromatic nitrogens is 2. The van der Waals surface area contributed by atoms with E-state index in [4.69, 9.17) is 9.97 Å². The third-order valence-electron chi connectivity index (χ3n) is 6.98. The van der Waals surface area contributed by atoms with E-state index in [1.165, 1.54) is 42.6 Å². The topological polar surface area (TPSA) is 29.0 Å². The Bertz CT molecular complexity index is 801. The quantitative estimate of drug-likeness (QED) is 0.607. The number of benzene rings is 1. The zero-order valence-corrected chi connectivity index (χ0v) is 18.6. The number of nitrogens with zero attached hydrogens (tertiary/aromatic N) is 3. The monoisotopic (exact) mass is 395 g/mol. The molecule has 28 heavy (non-hydrogen) atoms. The molecule has 4 heteroatoms. The highest BCUT2D eigenvalue weighted by molar-refractivity contribution is 7.99. The Balaban J connectivity index is 1.40. The summed E-state index contributed by atoms with van der Waals surface area (Å²) < 4.78 is 0. The summed E-state index contributed by atoms with van der Waals surface area (Å²) in [6, 6.07) is 8.76. The molecule has 1 saturated carbocycles. The number of anilines is 1. The molecule has 0 bridgehead atoms. The first kappa shape index (κ1) is 19.8. The molecule has 1 saturated heterocycles. The van der Waals surface area contributed by atoms with Crippen LogP contribution in [0, 0.1) is 11.3 Å². The van der Waals surface area contributed by atoms with Gasteiger partial charge in [0.1, 0.15) is 10.8 Å². The van der Waals surface area contributed by atoms with Crippen molar-refractivity contribution in [1.29, 1.82) is 0 Å². The molecule has 1 aromatic heterocycles. The molecule has 150 valence electrons. The number of piperidine rings is 1. The summed E-state index contributed by atoms with van der Waals surface area (Å²) in [4.78, 5) is 13.1. The number of hydrogen-bond donors (Lipinski definition) is 0. The minimum Gasteiger partial charge on any atom is -0.355 e. The highest BCUT2D eigenvalue weighted by atomic mass is 32.2. The SMILES string of the molecule is C[C@H]1CCCC12CCN(c1cnc(Sc3cccc(C(C)(C)C)c3)cn1)CC2. The summed E-state index contributed by atoms with van der Waals surface area (Å²) in [5.41, 5.74) is 2.12. The van der Waals surface area contributed by atoms with Crippen LogP contribution in [0.2, 0.25) is 0 Å². The van der Waals surface area contributed by atoms with Crippen LogP contribution in [-0.4, -0.2) is 23.1 Å². The second-order valence-corrected chi connectivity index (χ2v) is 10.8. The van der Waals surface area contributed by atoms with Gasteiger partial charge in [-0.3, -0.25) is 0 Å². The maximum Gasteiger partial charge on any atom is 0.147 e. The maximum atomic E-state index is 4.75. The highest BCUT2D eigenvalue weighted by Crippen LogP contribution is 2.50. The summed E-state index contributed by atoms with van der Waals surface area (Å²) in [6.07, 6.45) is 10.8. The van der Waals surface area contributed by atoms with Crippen molar-refractivity contribution in [3.63, 3.8) is 0 Å². The van der Waals surface area contributed by atoms with Crippen LogP contribution in [0.4, 0.5) is 5.82 Å². The van der Waals surface area contributed by atoms with E-state index < -0.39 is 0 Å². The van der Waals surface area contributed by atoms with Crippen molar-refractivity contribution in [1.82, 2.24) is 9.97 Å². The molecule has 2 fully saturated rings. The summed E-state index contributed by atoms with van der Waals surface area (Å²) >= 11 is 1.70. The standard InChI is InChI=1S/C24H33N3S/c1-18-7-6-10-24(18)11-13-27(14-12-24)21-16-26-22(17-25-21)28-20-9-5-8-19(15-20)23(2,3)4/h5,8-9,15-18H,6-7,10-14H2,1-4H3/t18-/m0/s1. The molecule has 1 atom stereocenters. The van der Waals surface area contributed by atoms with Gasteiger partial charge in [-0.15, -0.1) is 0 Å². The lowest BCUT2D eigenvalue weighted by molar-refractivity contribution is 0.161. The van der Waals surface area contributed by atoms with Gasteiger partial charge in [0.25, 0.3) is 0 Å². The first-order chi connectivity index (χ1) is 13.4. The van der Waals surface area contributed by atoms with Gasteiger partial charge in [0.2, 0.25) is 0 Å². The van der Waals surface area contributed by atoms with Crippen molar-refractivity contribution in [3.8, 4) is 0 Å². The summed E-state index contributed by atoms with van der Waals surface area (Å²) in [7, 11) is 0. The van der Waals surface area contributed by atoms with Gasteiger partial charge in [0.15, 0.2) is 0 Å². The Morgan fingerprint density at radius 1 is 1.07 bits per heavy atom. The molecule has 2 aliphatic rings. The molecule has 1 aliphatic carbocycles. The van der Waals surface area contributed by atoms with Gasteiger partial charge in [-0.1, -0.05) is 64.4 Å². The first-order valence-electron chi connectivity index (χ1n) is 10.7. The van der Waals surface area contributed by atoms with E-state index >= 15 is 0 Å². The predicted molar refractivity (Wildman–Crippen MR) is 118 cm³/mol. The van der Waals surface area contributed by atoms with Gasteiger partial charge in [-0.05, 0) is 53.7 Å². The van der Waals surface area contributed by atoms with Crippen LogP contribution in [0.15, 0.2) is 46.6 Å². The normalized spacial score (nSPS) is 22.0. The molecule has 1 aromatic carbocycles. The Morgan fingerprint density at radius 2 is 1.86 bits per heavy atom. The van der Waals surface area contributed by atoms with E-state index in [9.17, 15) is 0 Å². The fourth-order valence-corrected chi connectivity index (χ4v) is 5.69. The second-order valence-electron chi connectivity index (χ2n) is 9.74. The van der Waals surface area contributed by atoms with Crippen molar-refractivity contribution in [2.75, 3.05) is 18.0 Å². The molecule has 0 unspecified atom stereocenters. The van der Waals surface area contributed by atoms with Crippen molar-refractivity contribution in [3.05, 3.63) is 42.2 Å². The van der Waals surface area contributed by atoms with Crippen LogP contribution in [0.1, 0.15) is 65.4 Å². The van der Waals surface area contributed by atoms with Crippen LogP contribution in [-0.2, 0) is 5.41 Å². The van der Waals surface area contributed by atoms with Crippen molar-refractivity contribution >= 4 is 17.6 Å². The summed E-state index contributed by atoms with van der Waals surface area (Å²) in [6.45, 7) is 11.5. The minimum atomic E-state index is 0.161. The molecule has 2 aromatic rings. The average molecular weight is 396 g/mol. The fraction of sp³-hybridized carbons (Fsp3) is 0.583. The Kier molecular flexibility index (Phi) is 5.43. The molecule has 0 radical (unpaired) electrons. The summed E-state index contributed by atoms with van der Waals surface area (Å²) in [5, 5.41) is 0.965. The van der Waals surface area contributed by atoms with Crippen LogP contribution in [0.25, 0.3) is 0 Å². The van der Waals surface area contributed by atoms with Crippen LogP contribution < -0.4 is 4.90 Å². The second kappa shape index (κ2) is 7.70. The smallest absolute Gasteiger partial charge is 0.147 e. The molecule has 2 heterocycles. The molecule has 0 N–H and O–H groups in total. The molecule has 1 aliphatic heterocycles. The van der Waals surface area contributed by atoms with Gasteiger partial charge in [0, 0.05) is 18.0 Å². The zero-order valence-electron chi connectivity index (χ0n) is 17.7. The molecular weight excluding hydrogens is 362 g/mol. The minimum absolute atomic E-state index is 0.161. The summed E-state index contributed by atoms with van der Waals surface area (Å²) in [5.74, 6) is 1.93. The van der Waals surface area contributed by atoms with Crippen LogP contribution in [0.3, 0.4) is 0 Å². The lowest BCUT2D eigenvalue weighted by Crippen LogP contribution is -2.41. The molecule has 1 spiro atoms. The Hall–Kier alpha value is -1.55. The lowest BCUT2D eigenvalue weighted by Gasteiger charge is -2.42. The third-order valence-corrected chi connectivity index (χ3v) is 7.89. The van der Waals surface area contributed by atoms with Gasteiger partial charge < -0.3 is 4.90 Å². The number of rotatable bonds is 3. The molecule has 4 rings (SSSR count). The van der Waals surface area contributed by atoms with Crippen molar-refractivity contribution in [2.45, 2.75) is 75.1 Å². The average Bonchev–Trinajstić information content (AvgIpc) is 3.03. The van der Waals surface area contributed by atoms with Gasteiger partial charge in [-0.25, -0.2) is 9.97 Å². The van der Waals surface area contributed by atoms with Gasteiger partial charge in [-0.2, -0.15) is 0 Å². The fourth-order valence-electron chi connectivity index (χ4n) is 4.91. The van der Waals surface area contributed by atoms with E-state index in [1.807, 2.05) is 12.4 Å². The van der Waals surface area contributed by atoms with E-state index in [-0.39, 0.29) is 5.41 Å². The Labute approximate surface area is 174 Å². The van der Waals surface area contributed by atoms with Crippen LogP contribution >= 0.6 is 11.8 Å². The number of hydrogen-bond acceptors (Lipinski definition) is 4. The largest absolute Gasteiger partial charge is 0.355 e. The van der Waals surface area contributed by atoms with E-state index in [2.05, 4.69) is 56.9 Å². The van der Waals surface area contributed by atoms with Crippen LogP contribution in [0.5, 0.6) is 0 Å².